The molecule has 2 aromatic carbocycles. The molecule has 1 aliphatic rings. The van der Waals surface area contributed by atoms with Gasteiger partial charge in [-0.25, -0.2) is 0 Å². The monoisotopic (exact) mass is 430 g/mol. The summed E-state index contributed by atoms with van der Waals surface area (Å²) < 4.78 is 5.40. The summed E-state index contributed by atoms with van der Waals surface area (Å²) in [5.74, 6) is -3.12. The first-order chi connectivity index (χ1) is 14.2. The standard InChI is InChI=1S/C21H19ClN2O6/c1-3-30-14-7-4-12(5-8-14)16-11-18(25)19(21(27)23(16)2)20(26)15-9-6-13(22)10-17(15)24(28)29/h4-10,16,19H,3,11H2,1-2H3. The minimum atomic E-state index is -1.62. The summed E-state index contributed by atoms with van der Waals surface area (Å²) in [4.78, 5) is 50.5. The van der Waals surface area contributed by atoms with E-state index in [1.165, 1.54) is 24.1 Å². The molecule has 8 nitrogen and oxygen atoms in total. The predicted octanol–water partition coefficient (Wildman–Crippen LogP) is 3.62. The average molecular weight is 431 g/mol. The Labute approximate surface area is 177 Å². The smallest absolute Gasteiger partial charge is 0.281 e. The molecular formula is C21H19ClN2O6. The van der Waals surface area contributed by atoms with Gasteiger partial charge in [-0.15, -0.1) is 0 Å². The number of hydrogen-bond acceptors (Lipinski definition) is 6. The third-order valence-corrected chi connectivity index (χ3v) is 5.27. The minimum Gasteiger partial charge on any atom is -0.494 e. The zero-order chi connectivity index (χ0) is 22.0. The number of Topliss-reactive ketones (excluding diaryl/α,β-unsaturated/α-hetero) is 2. The molecule has 156 valence electrons. The first-order valence-corrected chi connectivity index (χ1v) is 9.62. The van der Waals surface area contributed by atoms with Crippen LogP contribution in [-0.4, -0.2) is 41.0 Å². The molecule has 30 heavy (non-hydrogen) atoms. The molecule has 1 saturated heterocycles. The van der Waals surface area contributed by atoms with Crippen LogP contribution in [0.2, 0.25) is 5.02 Å². The van der Waals surface area contributed by atoms with Gasteiger partial charge in [-0.2, -0.15) is 0 Å². The number of ketones is 2. The van der Waals surface area contributed by atoms with Crippen molar-refractivity contribution in [2.75, 3.05) is 13.7 Å². The van der Waals surface area contributed by atoms with E-state index in [2.05, 4.69) is 0 Å². The summed E-state index contributed by atoms with van der Waals surface area (Å²) in [6.07, 6.45) is -0.0754. The molecular weight excluding hydrogens is 412 g/mol. The second-order valence-electron chi connectivity index (χ2n) is 6.85. The molecule has 0 radical (unpaired) electrons. The van der Waals surface area contributed by atoms with Gasteiger partial charge in [-0.05, 0) is 36.8 Å². The van der Waals surface area contributed by atoms with Gasteiger partial charge in [0.25, 0.3) is 5.69 Å². The van der Waals surface area contributed by atoms with E-state index in [0.29, 0.717) is 12.4 Å². The molecule has 2 atom stereocenters. The van der Waals surface area contributed by atoms with Gasteiger partial charge in [0.2, 0.25) is 5.91 Å². The number of rotatable bonds is 6. The Kier molecular flexibility index (Phi) is 6.17. The first kappa shape index (κ1) is 21.4. The van der Waals surface area contributed by atoms with Crippen molar-refractivity contribution in [1.82, 2.24) is 4.90 Å². The highest BCUT2D eigenvalue weighted by Gasteiger charge is 2.45. The van der Waals surface area contributed by atoms with Gasteiger partial charge in [-0.3, -0.25) is 24.5 Å². The van der Waals surface area contributed by atoms with Crippen molar-refractivity contribution in [2.45, 2.75) is 19.4 Å². The van der Waals surface area contributed by atoms with Gasteiger partial charge in [-0.1, -0.05) is 23.7 Å². The summed E-state index contributed by atoms with van der Waals surface area (Å²) in [6, 6.07) is 9.99. The van der Waals surface area contributed by atoms with E-state index in [9.17, 15) is 24.5 Å². The molecule has 0 spiro atoms. The number of piperidine rings is 1. The van der Waals surface area contributed by atoms with Crippen LogP contribution in [0, 0.1) is 16.0 Å². The summed E-state index contributed by atoms with van der Waals surface area (Å²) in [5.41, 5.74) is -0.126. The van der Waals surface area contributed by atoms with E-state index >= 15 is 0 Å². The van der Waals surface area contributed by atoms with Gasteiger partial charge >= 0.3 is 0 Å². The highest BCUT2D eigenvalue weighted by atomic mass is 35.5. The maximum Gasteiger partial charge on any atom is 0.281 e. The first-order valence-electron chi connectivity index (χ1n) is 9.24. The number of carbonyl (C=O) groups excluding carboxylic acids is 3. The summed E-state index contributed by atoms with van der Waals surface area (Å²) in [5, 5.41) is 11.4. The van der Waals surface area contributed by atoms with Crippen LogP contribution in [0.15, 0.2) is 42.5 Å². The summed E-state index contributed by atoms with van der Waals surface area (Å²) >= 11 is 5.78. The highest BCUT2D eigenvalue weighted by molar-refractivity contribution is 6.31. The fourth-order valence-corrected chi connectivity index (χ4v) is 3.68. The Hall–Kier alpha value is -3.26. The van der Waals surface area contributed by atoms with Crippen LogP contribution in [0.25, 0.3) is 0 Å². The van der Waals surface area contributed by atoms with E-state index in [4.69, 9.17) is 16.3 Å². The lowest BCUT2D eigenvalue weighted by molar-refractivity contribution is -0.385. The second kappa shape index (κ2) is 8.62. The number of benzene rings is 2. The maximum atomic E-state index is 12.9. The molecule has 2 unspecified atom stereocenters. The quantitative estimate of drug-likeness (QED) is 0.300. The Morgan fingerprint density at radius 1 is 1.23 bits per heavy atom. The van der Waals surface area contributed by atoms with Crippen LogP contribution >= 0.6 is 11.6 Å². The van der Waals surface area contributed by atoms with E-state index in [1.54, 1.807) is 24.3 Å². The SMILES string of the molecule is CCOc1ccc(C2CC(=O)C(C(=O)c3ccc(Cl)cc3[N+](=O)[O-])C(=O)N2C)cc1. The molecule has 1 aliphatic heterocycles. The van der Waals surface area contributed by atoms with Crippen LogP contribution < -0.4 is 4.74 Å². The van der Waals surface area contributed by atoms with Crippen LogP contribution in [0.4, 0.5) is 5.69 Å². The van der Waals surface area contributed by atoms with Crippen LogP contribution in [0.1, 0.15) is 35.3 Å². The molecule has 0 aliphatic carbocycles. The van der Waals surface area contributed by atoms with E-state index in [0.717, 1.165) is 11.6 Å². The van der Waals surface area contributed by atoms with Gasteiger partial charge in [0, 0.05) is 24.6 Å². The van der Waals surface area contributed by atoms with Gasteiger partial charge in [0.05, 0.1) is 23.1 Å². The Morgan fingerprint density at radius 2 is 1.90 bits per heavy atom. The number of amides is 1. The molecule has 0 aromatic heterocycles. The van der Waals surface area contributed by atoms with Crippen LogP contribution in [0.5, 0.6) is 5.75 Å². The molecule has 3 rings (SSSR count). The third-order valence-electron chi connectivity index (χ3n) is 5.04. The van der Waals surface area contributed by atoms with Crippen molar-refractivity contribution in [3.63, 3.8) is 0 Å². The lowest BCUT2D eigenvalue weighted by Crippen LogP contribution is -2.48. The lowest BCUT2D eigenvalue weighted by Gasteiger charge is -2.35. The number of likely N-dealkylation sites (tertiary alicyclic amines) is 1. The van der Waals surface area contributed by atoms with Crippen LogP contribution in [0.3, 0.4) is 0 Å². The van der Waals surface area contributed by atoms with Crippen molar-refractivity contribution in [1.29, 1.82) is 0 Å². The second-order valence-corrected chi connectivity index (χ2v) is 7.29. The van der Waals surface area contributed by atoms with Gasteiger partial charge in [0.1, 0.15) is 5.75 Å². The lowest BCUT2D eigenvalue weighted by atomic mass is 9.83. The van der Waals surface area contributed by atoms with E-state index in [-0.39, 0.29) is 17.0 Å². The van der Waals surface area contributed by atoms with Gasteiger partial charge < -0.3 is 9.64 Å². The third kappa shape index (κ3) is 4.04. The van der Waals surface area contributed by atoms with Crippen molar-refractivity contribution in [3.05, 3.63) is 68.7 Å². The molecule has 1 heterocycles. The zero-order valence-corrected chi connectivity index (χ0v) is 17.1. The Bertz CT molecular complexity index is 1020. The Balaban J connectivity index is 1.88. The maximum absolute atomic E-state index is 12.9. The molecule has 0 N–H and O–H groups in total. The number of nitro benzene ring substituents is 1. The topological polar surface area (TPSA) is 107 Å². The number of nitro groups is 1. The molecule has 2 aromatic rings. The van der Waals surface area contributed by atoms with Crippen molar-refractivity contribution < 1.29 is 24.0 Å². The van der Waals surface area contributed by atoms with Crippen molar-refractivity contribution >= 4 is 34.8 Å². The number of halogens is 1. The zero-order valence-electron chi connectivity index (χ0n) is 16.3. The molecule has 0 bridgehead atoms. The molecule has 1 amide bonds. The van der Waals surface area contributed by atoms with Crippen LogP contribution in [-0.2, 0) is 9.59 Å². The molecule has 1 fully saturated rings. The number of hydrogen-bond donors (Lipinski definition) is 0. The summed E-state index contributed by atoms with van der Waals surface area (Å²) in [7, 11) is 1.51. The summed E-state index contributed by atoms with van der Waals surface area (Å²) in [6.45, 7) is 2.38. The number of carbonyl (C=O) groups is 3. The normalized spacial score (nSPS) is 19.0. The fourth-order valence-electron chi connectivity index (χ4n) is 3.51. The Morgan fingerprint density at radius 3 is 2.50 bits per heavy atom. The fraction of sp³-hybridized carbons (Fsp3) is 0.286. The van der Waals surface area contributed by atoms with Gasteiger partial charge in [0.15, 0.2) is 17.5 Å². The average Bonchev–Trinajstić information content (AvgIpc) is 2.71. The van der Waals surface area contributed by atoms with E-state index < -0.39 is 40.0 Å². The predicted molar refractivity (Wildman–Crippen MR) is 109 cm³/mol. The molecule has 0 saturated carbocycles. The minimum absolute atomic E-state index is 0.0754. The largest absolute Gasteiger partial charge is 0.494 e. The van der Waals surface area contributed by atoms with Crippen molar-refractivity contribution in [3.8, 4) is 5.75 Å². The van der Waals surface area contributed by atoms with Crippen molar-refractivity contribution in [2.24, 2.45) is 5.92 Å². The number of ether oxygens (including phenoxy) is 1. The number of nitrogens with zero attached hydrogens (tertiary/aromatic N) is 2. The molecule has 9 heteroatoms. The van der Waals surface area contributed by atoms with E-state index in [1.807, 2.05) is 6.92 Å². The highest BCUT2D eigenvalue weighted by Crippen LogP contribution is 2.35.